The average Bonchev–Trinajstić information content (AvgIpc) is 3.33. The van der Waals surface area contributed by atoms with E-state index in [2.05, 4.69) is 26.3 Å². The summed E-state index contributed by atoms with van der Waals surface area (Å²) in [5.74, 6) is -0.672. The Hall–Kier alpha value is -3.96. The molecule has 4 rings (SSSR count). The lowest BCUT2D eigenvalue weighted by molar-refractivity contribution is -0.137. The summed E-state index contributed by atoms with van der Waals surface area (Å²) in [4.78, 5) is 40.8. The molecule has 2 heterocycles. The maximum atomic E-state index is 13.1. The van der Waals surface area contributed by atoms with Crippen LogP contribution in [0.15, 0.2) is 60.8 Å². The standard InChI is InChI=1S/C26H23ClF3N5O3/c1-14(36)33-23-8-5-17(12-32-23)15-3-2-4-16(9-15)24(37)35-19-11-22(31-13-19)25(38)34-18-6-7-21(27)20(10-18)26(28,29)30/h2-10,12,19,22,31H,11,13H2,1H3,(H,34,38)(H,35,37)(H,32,33,36)/t19-,22-/m1/s1. The van der Waals surface area contributed by atoms with Gasteiger partial charge in [0.2, 0.25) is 11.8 Å². The van der Waals surface area contributed by atoms with Gasteiger partial charge in [-0.3, -0.25) is 14.4 Å². The molecule has 0 bridgehead atoms. The molecule has 0 radical (unpaired) electrons. The Morgan fingerprint density at radius 1 is 1.03 bits per heavy atom. The maximum Gasteiger partial charge on any atom is 0.417 e. The number of pyridine rings is 1. The van der Waals surface area contributed by atoms with Gasteiger partial charge in [0.1, 0.15) is 5.82 Å². The molecule has 8 nitrogen and oxygen atoms in total. The van der Waals surface area contributed by atoms with Crippen molar-refractivity contribution < 1.29 is 27.6 Å². The third kappa shape index (κ3) is 6.67. The van der Waals surface area contributed by atoms with Crippen LogP contribution in [0.1, 0.15) is 29.3 Å². The van der Waals surface area contributed by atoms with Gasteiger partial charge in [0, 0.05) is 42.5 Å². The Kier molecular flexibility index (Phi) is 7.98. The molecule has 1 saturated heterocycles. The number of alkyl halides is 3. The van der Waals surface area contributed by atoms with Crippen LogP contribution in [0.4, 0.5) is 24.7 Å². The summed E-state index contributed by atoms with van der Waals surface area (Å²) in [6.07, 6.45) is -2.81. The topological polar surface area (TPSA) is 112 Å². The highest BCUT2D eigenvalue weighted by molar-refractivity contribution is 6.31. The van der Waals surface area contributed by atoms with Crippen molar-refractivity contribution in [2.24, 2.45) is 0 Å². The Morgan fingerprint density at radius 2 is 1.82 bits per heavy atom. The van der Waals surface area contributed by atoms with Gasteiger partial charge in [0.25, 0.3) is 5.91 Å². The fourth-order valence-corrected chi connectivity index (χ4v) is 4.25. The number of nitrogens with one attached hydrogen (secondary N) is 4. The molecule has 2 atom stereocenters. The van der Waals surface area contributed by atoms with E-state index in [0.29, 0.717) is 17.9 Å². The van der Waals surface area contributed by atoms with Gasteiger partial charge in [-0.25, -0.2) is 4.98 Å². The van der Waals surface area contributed by atoms with E-state index < -0.39 is 28.7 Å². The number of rotatable bonds is 6. The molecular formula is C26H23ClF3N5O3. The molecule has 3 amide bonds. The number of carbonyl (C=O) groups excluding carboxylic acids is 3. The molecule has 0 aliphatic carbocycles. The van der Waals surface area contributed by atoms with Crippen LogP contribution in [0, 0.1) is 0 Å². The number of carbonyl (C=O) groups is 3. The number of halogens is 4. The van der Waals surface area contributed by atoms with E-state index in [-0.39, 0.29) is 30.0 Å². The SMILES string of the molecule is CC(=O)Nc1ccc(-c2cccc(C(=O)N[C@H]3CN[C@@H](C(=O)Nc4ccc(Cl)c(C(F)(F)F)c4)C3)c2)cn1. The molecular weight excluding hydrogens is 523 g/mol. The summed E-state index contributed by atoms with van der Waals surface area (Å²) in [6, 6.07) is 12.4. The monoisotopic (exact) mass is 545 g/mol. The van der Waals surface area contributed by atoms with Crippen molar-refractivity contribution in [3.8, 4) is 11.1 Å². The van der Waals surface area contributed by atoms with E-state index in [1.807, 2.05) is 6.07 Å². The van der Waals surface area contributed by atoms with Crippen LogP contribution in [-0.4, -0.2) is 41.3 Å². The van der Waals surface area contributed by atoms with Crippen LogP contribution in [0.2, 0.25) is 5.02 Å². The Bertz CT molecular complexity index is 1360. The number of benzene rings is 2. The number of nitrogens with zero attached hydrogens (tertiary/aromatic N) is 1. The number of amides is 3. The zero-order chi connectivity index (χ0) is 27.4. The lowest BCUT2D eigenvalue weighted by Gasteiger charge is -2.15. The molecule has 12 heteroatoms. The van der Waals surface area contributed by atoms with E-state index >= 15 is 0 Å². The molecule has 1 aromatic heterocycles. The number of aromatic nitrogens is 1. The average molecular weight is 546 g/mol. The maximum absolute atomic E-state index is 13.1. The molecule has 0 spiro atoms. The van der Waals surface area contributed by atoms with E-state index in [4.69, 9.17) is 11.6 Å². The molecule has 4 N–H and O–H groups in total. The van der Waals surface area contributed by atoms with Crippen LogP contribution < -0.4 is 21.3 Å². The van der Waals surface area contributed by atoms with E-state index in [1.54, 1.807) is 36.5 Å². The van der Waals surface area contributed by atoms with Crippen LogP contribution in [0.25, 0.3) is 11.1 Å². The first kappa shape index (κ1) is 27.1. The summed E-state index contributed by atoms with van der Waals surface area (Å²) in [5, 5.41) is 10.5. The first-order valence-electron chi connectivity index (χ1n) is 11.6. The predicted molar refractivity (Wildman–Crippen MR) is 137 cm³/mol. The molecule has 38 heavy (non-hydrogen) atoms. The fraction of sp³-hybridized carbons (Fsp3) is 0.231. The van der Waals surface area contributed by atoms with Gasteiger partial charge in [-0.15, -0.1) is 0 Å². The number of hydrogen-bond acceptors (Lipinski definition) is 5. The molecule has 3 aromatic rings. The van der Waals surface area contributed by atoms with Crippen LogP contribution in [0.5, 0.6) is 0 Å². The minimum atomic E-state index is -4.65. The third-order valence-electron chi connectivity index (χ3n) is 5.85. The summed E-state index contributed by atoms with van der Waals surface area (Å²) >= 11 is 5.63. The van der Waals surface area contributed by atoms with E-state index in [0.717, 1.165) is 23.3 Å². The molecule has 0 saturated carbocycles. The lowest BCUT2D eigenvalue weighted by atomic mass is 10.0. The highest BCUT2D eigenvalue weighted by atomic mass is 35.5. The second-order valence-electron chi connectivity index (χ2n) is 8.74. The highest BCUT2D eigenvalue weighted by Crippen LogP contribution is 2.36. The van der Waals surface area contributed by atoms with Crippen molar-refractivity contribution in [1.82, 2.24) is 15.6 Å². The van der Waals surface area contributed by atoms with Crippen molar-refractivity contribution in [1.29, 1.82) is 0 Å². The predicted octanol–water partition coefficient (Wildman–Crippen LogP) is 4.48. The van der Waals surface area contributed by atoms with Crippen LogP contribution in [0.3, 0.4) is 0 Å². The summed E-state index contributed by atoms with van der Waals surface area (Å²) in [5.41, 5.74) is 0.842. The summed E-state index contributed by atoms with van der Waals surface area (Å²) in [6.45, 7) is 1.70. The quantitative estimate of drug-likeness (QED) is 0.365. The first-order valence-corrected chi connectivity index (χ1v) is 11.9. The smallest absolute Gasteiger partial charge is 0.348 e. The zero-order valence-electron chi connectivity index (χ0n) is 20.0. The second kappa shape index (κ2) is 11.2. The normalized spacial score (nSPS) is 17.1. The summed E-state index contributed by atoms with van der Waals surface area (Å²) < 4.78 is 39.3. The Labute approximate surface area is 221 Å². The number of anilines is 2. The molecule has 1 aliphatic heterocycles. The third-order valence-corrected chi connectivity index (χ3v) is 6.18. The van der Waals surface area contributed by atoms with Gasteiger partial charge in [0.15, 0.2) is 0 Å². The van der Waals surface area contributed by atoms with Crippen molar-refractivity contribution in [2.75, 3.05) is 17.2 Å². The van der Waals surface area contributed by atoms with E-state index in [9.17, 15) is 27.6 Å². The van der Waals surface area contributed by atoms with Crippen molar-refractivity contribution in [3.63, 3.8) is 0 Å². The van der Waals surface area contributed by atoms with Crippen molar-refractivity contribution in [2.45, 2.75) is 31.6 Å². The number of hydrogen-bond donors (Lipinski definition) is 4. The minimum absolute atomic E-state index is 0.0302. The van der Waals surface area contributed by atoms with Crippen molar-refractivity contribution >= 4 is 40.8 Å². The molecule has 0 unspecified atom stereocenters. The molecule has 198 valence electrons. The molecule has 1 aliphatic rings. The Balaban J connectivity index is 1.35. The van der Waals surface area contributed by atoms with Crippen LogP contribution >= 0.6 is 11.6 Å². The van der Waals surface area contributed by atoms with Gasteiger partial charge in [-0.1, -0.05) is 23.7 Å². The van der Waals surface area contributed by atoms with Gasteiger partial charge >= 0.3 is 6.18 Å². The summed E-state index contributed by atoms with van der Waals surface area (Å²) in [7, 11) is 0. The first-order chi connectivity index (χ1) is 18.0. The van der Waals surface area contributed by atoms with Gasteiger partial charge in [0.05, 0.1) is 16.6 Å². The van der Waals surface area contributed by atoms with Gasteiger partial charge in [-0.05, 0) is 54.4 Å². The Morgan fingerprint density at radius 3 is 2.50 bits per heavy atom. The molecule has 2 aromatic carbocycles. The zero-order valence-corrected chi connectivity index (χ0v) is 20.8. The van der Waals surface area contributed by atoms with Crippen LogP contribution in [-0.2, 0) is 15.8 Å². The van der Waals surface area contributed by atoms with Gasteiger partial charge in [-0.2, -0.15) is 13.2 Å². The van der Waals surface area contributed by atoms with Crippen molar-refractivity contribution in [3.05, 3.63) is 76.9 Å². The van der Waals surface area contributed by atoms with E-state index in [1.165, 1.54) is 13.0 Å². The highest BCUT2D eigenvalue weighted by Gasteiger charge is 2.34. The largest absolute Gasteiger partial charge is 0.417 e. The second-order valence-corrected chi connectivity index (χ2v) is 9.15. The lowest BCUT2D eigenvalue weighted by Crippen LogP contribution is -2.36. The fourth-order valence-electron chi connectivity index (χ4n) is 4.02. The molecule has 1 fully saturated rings. The minimum Gasteiger partial charge on any atom is -0.348 e. The van der Waals surface area contributed by atoms with Gasteiger partial charge < -0.3 is 21.3 Å².